The Balaban J connectivity index is 1.97. The Morgan fingerprint density at radius 2 is 1.73 bits per heavy atom. The number of amides is 1. The van der Waals surface area contributed by atoms with Gasteiger partial charge in [-0.05, 0) is 48.5 Å². The number of benzene rings is 3. The second kappa shape index (κ2) is 10.9. The summed E-state index contributed by atoms with van der Waals surface area (Å²) in [5, 5.41) is 34.1. The number of carbonyl (C=O) groups is 1. The molecule has 0 spiro atoms. The first-order chi connectivity index (χ1) is 17.4. The van der Waals surface area contributed by atoms with Crippen LogP contribution in [0.4, 0.5) is 30.2 Å². The van der Waals surface area contributed by atoms with Crippen molar-refractivity contribution in [3.8, 4) is 17.6 Å². The van der Waals surface area contributed by atoms with Crippen molar-refractivity contribution in [2.45, 2.75) is 6.18 Å². The standard InChI is InChI=1S/C23H12BrF3N4O6/c24-16-4-6-20(37-21-7-5-18(30(33)34)11-19(21)31(35)36)13(9-16)8-14(12-28)22(32)29-17-3-1-2-15(10-17)23(25,26)27/h1-11H,(H,29,32)/b14-8+. The number of rotatable bonds is 7. The zero-order valence-corrected chi connectivity index (χ0v) is 19.7. The van der Waals surface area contributed by atoms with Gasteiger partial charge >= 0.3 is 11.9 Å². The number of hydrogen-bond acceptors (Lipinski definition) is 7. The fourth-order valence-corrected chi connectivity index (χ4v) is 3.35. The fraction of sp³-hybridized carbons (Fsp3) is 0.0435. The molecule has 10 nitrogen and oxygen atoms in total. The second-order valence-corrected chi connectivity index (χ2v) is 8.07. The van der Waals surface area contributed by atoms with Crippen LogP contribution in [0.25, 0.3) is 6.08 Å². The van der Waals surface area contributed by atoms with Crippen LogP contribution in [0.15, 0.2) is 70.7 Å². The Bertz CT molecular complexity index is 1480. The SMILES string of the molecule is N#C/C(=C\c1cc(Br)ccc1Oc1ccc([N+](=O)[O-])cc1[N+](=O)[O-])C(=O)Nc1cccc(C(F)(F)F)c1. The van der Waals surface area contributed by atoms with E-state index in [1.807, 2.05) is 0 Å². The molecule has 0 aromatic heterocycles. The number of halogens is 4. The molecule has 37 heavy (non-hydrogen) atoms. The highest BCUT2D eigenvalue weighted by atomic mass is 79.9. The van der Waals surface area contributed by atoms with E-state index in [9.17, 15) is 43.5 Å². The van der Waals surface area contributed by atoms with E-state index in [2.05, 4.69) is 21.2 Å². The minimum atomic E-state index is -4.64. The number of hydrogen-bond donors (Lipinski definition) is 1. The van der Waals surface area contributed by atoms with Crippen molar-refractivity contribution in [3.63, 3.8) is 0 Å². The molecule has 0 unspecified atom stereocenters. The molecule has 0 aliphatic heterocycles. The van der Waals surface area contributed by atoms with Gasteiger partial charge < -0.3 is 10.1 Å². The molecule has 3 aromatic rings. The molecule has 0 saturated carbocycles. The van der Waals surface area contributed by atoms with Gasteiger partial charge in [0, 0.05) is 21.8 Å². The highest BCUT2D eigenvalue weighted by Gasteiger charge is 2.30. The van der Waals surface area contributed by atoms with Crippen molar-refractivity contribution in [1.82, 2.24) is 0 Å². The fourth-order valence-electron chi connectivity index (χ4n) is 2.97. The summed E-state index contributed by atoms with van der Waals surface area (Å²) in [5.41, 5.74) is -2.85. The van der Waals surface area contributed by atoms with Gasteiger partial charge in [0.2, 0.25) is 5.75 Å². The van der Waals surface area contributed by atoms with E-state index in [0.717, 1.165) is 30.3 Å². The van der Waals surface area contributed by atoms with Crippen LogP contribution in [0.2, 0.25) is 0 Å². The number of nitrogens with one attached hydrogen (secondary N) is 1. The molecule has 0 bridgehead atoms. The van der Waals surface area contributed by atoms with Crippen LogP contribution in [0.1, 0.15) is 11.1 Å². The molecule has 0 atom stereocenters. The Kier molecular flexibility index (Phi) is 7.88. The summed E-state index contributed by atoms with van der Waals surface area (Å²) >= 11 is 3.22. The van der Waals surface area contributed by atoms with Gasteiger partial charge in [0.15, 0.2) is 0 Å². The van der Waals surface area contributed by atoms with Crippen molar-refractivity contribution >= 4 is 45.0 Å². The van der Waals surface area contributed by atoms with Crippen molar-refractivity contribution < 1.29 is 32.5 Å². The summed E-state index contributed by atoms with van der Waals surface area (Å²) in [6.45, 7) is 0. The lowest BCUT2D eigenvalue weighted by Crippen LogP contribution is -2.14. The van der Waals surface area contributed by atoms with Gasteiger partial charge in [-0.1, -0.05) is 22.0 Å². The molecule has 0 heterocycles. The maximum Gasteiger partial charge on any atom is 0.416 e. The predicted molar refractivity (Wildman–Crippen MR) is 128 cm³/mol. The zero-order valence-electron chi connectivity index (χ0n) is 18.2. The van der Waals surface area contributed by atoms with E-state index < -0.39 is 44.4 Å². The number of nitriles is 1. The van der Waals surface area contributed by atoms with Crippen LogP contribution in [0, 0.1) is 31.6 Å². The normalized spacial score (nSPS) is 11.4. The molecule has 188 valence electrons. The highest BCUT2D eigenvalue weighted by Crippen LogP contribution is 2.37. The third kappa shape index (κ3) is 6.67. The summed E-state index contributed by atoms with van der Waals surface area (Å²) in [4.78, 5) is 33.3. The van der Waals surface area contributed by atoms with Crippen LogP contribution < -0.4 is 10.1 Å². The Hall–Kier alpha value is -4.77. The lowest BCUT2D eigenvalue weighted by molar-refractivity contribution is -0.394. The number of nitro benzene ring substituents is 2. The smallest absolute Gasteiger partial charge is 0.416 e. The molecule has 1 N–H and O–H groups in total. The minimum Gasteiger partial charge on any atom is -0.449 e. The monoisotopic (exact) mass is 576 g/mol. The highest BCUT2D eigenvalue weighted by molar-refractivity contribution is 9.10. The van der Waals surface area contributed by atoms with Gasteiger partial charge in [0.1, 0.15) is 17.4 Å². The summed E-state index contributed by atoms with van der Waals surface area (Å²) in [6, 6.07) is 12.5. The summed E-state index contributed by atoms with van der Waals surface area (Å²) in [6.07, 6.45) is -3.57. The Morgan fingerprint density at radius 3 is 2.35 bits per heavy atom. The molecule has 0 aliphatic carbocycles. The minimum absolute atomic E-state index is 0.0558. The van der Waals surface area contributed by atoms with E-state index in [-0.39, 0.29) is 22.7 Å². The van der Waals surface area contributed by atoms with Gasteiger partial charge in [-0.2, -0.15) is 18.4 Å². The molecule has 3 aromatic carbocycles. The van der Waals surface area contributed by atoms with E-state index in [4.69, 9.17) is 4.74 Å². The number of anilines is 1. The third-order valence-electron chi connectivity index (χ3n) is 4.65. The zero-order chi connectivity index (χ0) is 27.3. The van der Waals surface area contributed by atoms with Crippen molar-refractivity contribution in [2.24, 2.45) is 0 Å². The number of non-ortho nitro benzene ring substituents is 1. The van der Waals surface area contributed by atoms with Gasteiger partial charge in [-0.15, -0.1) is 0 Å². The molecule has 0 aliphatic rings. The van der Waals surface area contributed by atoms with Gasteiger partial charge in [0.25, 0.3) is 11.6 Å². The van der Waals surface area contributed by atoms with Crippen LogP contribution in [-0.4, -0.2) is 15.8 Å². The van der Waals surface area contributed by atoms with Gasteiger partial charge in [0.05, 0.1) is 21.5 Å². The van der Waals surface area contributed by atoms with Crippen LogP contribution in [0.5, 0.6) is 11.5 Å². The lowest BCUT2D eigenvalue weighted by atomic mass is 10.1. The molecule has 0 saturated heterocycles. The van der Waals surface area contributed by atoms with Crippen LogP contribution in [0.3, 0.4) is 0 Å². The maximum absolute atomic E-state index is 12.9. The molecule has 3 rings (SSSR count). The topological polar surface area (TPSA) is 148 Å². The van der Waals surface area contributed by atoms with Crippen molar-refractivity contribution in [2.75, 3.05) is 5.32 Å². The maximum atomic E-state index is 12.9. The number of nitrogens with zero attached hydrogens (tertiary/aromatic N) is 3. The quantitative estimate of drug-likeness (QED) is 0.144. The van der Waals surface area contributed by atoms with E-state index in [1.54, 1.807) is 6.07 Å². The second-order valence-electron chi connectivity index (χ2n) is 7.15. The van der Waals surface area contributed by atoms with Crippen LogP contribution >= 0.6 is 15.9 Å². The Labute approximate surface area is 214 Å². The first-order valence-electron chi connectivity index (χ1n) is 9.89. The molecular weight excluding hydrogens is 565 g/mol. The first kappa shape index (κ1) is 26.8. The molecule has 0 fully saturated rings. The largest absolute Gasteiger partial charge is 0.449 e. The number of alkyl halides is 3. The summed E-state index contributed by atoms with van der Waals surface area (Å²) in [7, 11) is 0. The van der Waals surface area contributed by atoms with Gasteiger partial charge in [-0.3, -0.25) is 25.0 Å². The molecule has 0 radical (unpaired) electrons. The molecule has 1 amide bonds. The summed E-state index contributed by atoms with van der Waals surface area (Å²) in [5.74, 6) is -1.42. The number of carbonyl (C=O) groups excluding carboxylic acids is 1. The van der Waals surface area contributed by atoms with Crippen molar-refractivity contribution in [3.05, 3.63) is 102 Å². The average Bonchev–Trinajstić information content (AvgIpc) is 2.83. The van der Waals surface area contributed by atoms with E-state index >= 15 is 0 Å². The predicted octanol–water partition coefficient (Wildman–Crippen LogP) is 6.62. The van der Waals surface area contributed by atoms with Gasteiger partial charge in [-0.25, -0.2) is 0 Å². The third-order valence-corrected chi connectivity index (χ3v) is 5.15. The number of nitro groups is 2. The molecule has 14 heteroatoms. The Morgan fingerprint density at radius 1 is 1.03 bits per heavy atom. The van der Waals surface area contributed by atoms with E-state index in [0.29, 0.717) is 16.6 Å². The summed E-state index contributed by atoms with van der Waals surface area (Å²) < 4.78 is 44.9. The van der Waals surface area contributed by atoms with Crippen molar-refractivity contribution in [1.29, 1.82) is 5.26 Å². The molecular formula is C23H12BrF3N4O6. The first-order valence-corrected chi connectivity index (χ1v) is 10.7. The van der Waals surface area contributed by atoms with Crippen LogP contribution in [-0.2, 0) is 11.0 Å². The number of ether oxygens (including phenoxy) is 1. The average molecular weight is 577 g/mol. The van der Waals surface area contributed by atoms with E-state index in [1.165, 1.54) is 24.3 Å². The lowest BCUT2D eigenvalue weighted by Gasteiger charge is -2.11.